The molecule has 1 aromatic carbocycles. The van der Waals surface area contributed by atoms with E-state index in [0.717, 1.165) is 10.5 Å². The molecule has 0 saturated heterocycles. The SMILES string of the molecule is CC(=O)CC(C)S(=O)c1ccccc1C. The fourth-order valence-electron chi connectivity index (χ4n) is 1.48. The highest BCUT2D eigenvalue weighted by Gasteiger charge is 2.16. The van der Waals surface area contributed by atoms with E-state index in [-0.39, 0.29) is 11.0 Å². The second-order valence-electron chi connectivity index (χ2n) is 3.78. The van der Waals surface area contributed by atoms with E-state index in [9.17, 15) is 9.00 Å². The van der Waals surface area contributed by atoms with Crippen molar-refractivity contribution in [1.29, 1.82) is 0 Å². The van der Waals surface area contributed by atoms with E-state index in [1.807, 2.05) is 38.1 Å². The summed E-state index contributed by atoms with van der Waals surface area (Å²) in [5.74, 6) is 0.0874. The van der Waals surface area contributed by atoms with Crippen LogP contribution in [0.15, 0.2) is 29.2 Å². The normalized spacial score (nSPS) is 14.6. The predicted octanol–water partition coefficient (Wildman–Crippen LogP) is 2.47. The van der Waals surface area contributed by atoms with Gasteiger partial charge in [-0.3, -0.25) is 9.00 Å². The monoisotopic (exact) mass is 224 g/mol. The smallest absolute Gasteiger partial charge is 0.131 e. The summed E-state index contributed by atoms with van der Waals surface area (Å²) >= 11 is 0. The lowest BCUT2D eigenvalue weighted by Gasteiger charge is -2.11. The fourth-order valence-corrected chi connectivity index (χ4v) is 2.90. The minimum atomic E-state index is -1.08. The molecule has 15 heavy (non-hydrogen) atoms. The minimum Gasteiger partial charge on any atom is -0.300 e. The van der Waals surface area contributed by atoms with Crippen LogP contribution in [0.1, 0.15) is 25.8 Å². The molecule has 0 heterocycles. The molecule has 2 unspecified atom stereocenters. The van der Waals surface area contributed by atoms with E-state index in [2.05, 4.69) is 0 Å². The average Bonchev–Trinajstić information content (AvgIpc) is 2.16. The molecular weight excluding hydrogens is 208 g/mol. The number of hydrogen-bond donors (Lipinski definition) is 0. The first-order chi connectivity index (χ1) is 7.02. The summed E-state index contributed by atoms with van der Waals surface area (Å²) in [6.45, 7) is 5.32. The van der Waals surface area contributed by atoms with Crippen molar-refractivity contribution in [1.82, 2.24) is 0 Å². The summed E-state index contributed by atoms with van der Waals surface area (Å²) in [7, 11) is -1.08. The number of aryl methyl sites for hydroxylation is 1. The van der Waals surface area contributed by atoms with Gasteiger partial charge in [-0.2, -0.15) is 0 Å². The Morgan fingerprint density at radius 2 is 2.00 bits per heavy atom. The van der Waals surface area contributed by atoms with Crippen LogP contribution in [0.5, 0.6) is 0 Å². The second-order valence-corrected chi connectivity index (χ2v) is 5.62. The maximum atomic E-state index is 12.1. The lowest BCUT2D eigenvalue weighted by molar-refractivity contribution is -0.116. The van der Waals surface area contributed by atoms with Gasteiger partial charge < -0.3 is 0 Å². The zero-order chi connectivity index (χ0) is 11.4. The van der Waals surface area contributed by atoms with Crippen LogP contribution in [0.25, 0.3) is 0 Å². The molecule has 0 aromatic heterocycles. The first-order valence-corrected chi connectivity index (χ1v) is 6.19. The van der Waals surface area contributed by atoms with Crippen LogP contribution in [-0.2, 0) is 15.6 Å². The van der Waals surface area contributed by atoms with E-state index in [1.54, 1.807) is 0 Å². The van der Waals surface area contributed by atoms with Crippen molar-refractivity contribution in [2.75, 3.05) is 0 Å². The van der Waals surface area contributed by atoms with E-state index >= 15 is 0 Å². The summed E-state index contributed by atoms with van der Waals surface area (Å²) in [5, 5.41) is -0.108. The largest absolute Gasteiger partial charge is 0.300 e. The van der Waals surface area contributed by atoms with Gasteiger partial charge in [0.05, 0.1) is 10.8 Å². The molecule has 0 N–H and O–H groups in total. The number of carbonyl (C=O) groups excluding carboxylic acids is 1. The van der Waals surface area contributed by atoms with Crippen molar-refractivity contribution in [2.24, 2.45) is 0 Å². The van der Waals surface area contributed by atoms with Gasteiger partial charge in [-0.05, 0) is 25.5 Å². The fraction of sp³-hybridized carbons (Fsp3) is 0.417. The van der Waals surface area contributed by atoms with E-state index in [0.29, 0.717) is 6.42 Å². The summed E-state index contributed by atoms with van der Waals surface area (Å²) in [4.78, 5) is 11.8. The highest BCUT2D eigenvalue weighted by Crippen LogP contribution is 2.17. The molecule has 0 amide bonds. The molecular formula is C12H16O2S. The molecule has 0 aliphatic rings. The van der Waals surface area contributed by atoms with Crippen LogP contribution >= 0.6 is 0 Å². The van der Waals surface area contributed by atoms with Gasteiger partial charge in [-0.15, -0.1) is 0 Å². The lowest BCUT2D eigenvalue weighted by atomic mass is 10.2. The summed E-state index contributed by atoms with van der Waals surface area (Å²) in [6.07, 6.45) is 0.376. The van der Waals surface area contributed by atoms with Gasteiger partial charge in [0.15, 0.2) is 0 Å². The van der Waals surface area contributed by atoms with E-state index in [1.165, 1.54) is 6.92 Å². The molecule has 1 rings (SSSR count). The number of benzene rings is 1. The quantitative estimate of drug-likeness (QED) is 0.787. The van der Waals surface area contributed by atoms with Gasteiger partial charge >= 0.3 is 0 Å². The molecule has 0 bridgehead atoms. The Kier molecular flexibility index (Phi) is 4.21. The third-order valence-electron chi connectivity index (χ3n) is 2.25. The van der Waals surface area contributed by atoms with Gasteiger partial charge in [-0.25, -0.2) is 0 Å². The maximum Gasteiger partial charge on any atom is 0.131 e. The Morgan fingerprint density at radius 1 is 1.40 bits per heavy atom. The third-order valence-corrected chi connectivity index (χ3v) is 4.04. The highest BCUT2D eigenvalue weighted by molar-refractivity contribution is 7.85. The number of Topliss-reactive ketones (excluding diaryl/α,β-unsaturated/α-hetero) is 1. The summed E-state index contributed by atoms with van der Waals surface area (Å²) in [5.41, 5.74) is 1.02. The molecule has 82 valence electrons. The highest BCUT2D eigenvalue weighted by atomic mass is 32.2. The van der Waals surface area contributed by atoms with Gasteiger partial charge in [0.1, 0.15) is 5.78 Å². The minimum absolute atomic E-state index is 0.0874. The van der Waals surface area contributed by atoms with Crippen LogP contribution in [-0.4, -0.2) is 15.2 Å². The standard InChI is InChI=1S/C12H16O2S/c1-9-6-4-5-7-12(9)15(14)11(3)8-10(2)13/h4-7,11H,8H2,1-3H3. The van der Waals surface area contributed by atoms with Crippen LogP contribution in [0, 0.1) is 6.92 Å². The molecule has 2 nitrogen and oxygen atoms in total. The molecule has 1 aromatic rings. The molecule has 2 atom stereocenters. The van der Waals surface area contributed by atoms with Crippen molar-refractivity contribution >= 4 is 16.6 Å². The van der Waals surface area contributed by atoms with Crippen molar-refractivity contribution in [2.45, 2.75) is 37.3 Å². The Labute approximate surface area is 93.2 Å². The Hall–Kier alpha value is -0.960. The van der Waals surface area contributed by atoms with Crippen molar-refractivity contribution in [3.05, 3.63) is 29.8 Å². The van der Waals surface area contributed by atoms with Gasteiger partial charge in [0, 0.05) is 16.6 Å². The zero-order valence-electron chi connectivity index (χ0n) is 9.32. The number of hydrogen-bond acceptors (Lipinski definition) is 2. The summed E-state index contributed by atoms with van der Waals surface area (Å²) < 4.78 is 12.1. The lowest BCUT2D eigenvalue weighted by Crippen LogP contribution is -2.15. The molecule has 0 radical (unpaired) electrons. The third kappa shape index (κ3) is 3.27. The molecule has 3 heteroatoms. The van der Waals surface area contributed by atoms with E-state index < -0.39 is 10.8 Å². The first kappa shape index (κ1) is 12.1. The van der Waals surface area contributed by atoms with Crippen LogP contribution in [0.4, 0.5) is 0 Å². The van der Waals surface area contributed by atoms with Gasteiger partial charge in [-0.1, -0.05) is 25.1 Å². The first-order valence-electron chi connectivity index (χ1n) is 4.98. The van der Waals surface area contributed by atoms with Crippen molar-refractivity contribution in [3.8, 4) is 0 Å². The van der Waals surface area contributed by atoms with Crippen molar-refractivity contribution in [3.63, 3.8) is 0 Å². The van der Waals surface area contributed by atoms with Crippen LogP contribution in [0.2, 0.25) is 0 Å². The van der Waals surface area contributed by atoms with Crippen LogP contribution in [0.3, 0.4) is 0 Å². The molecule has 0 spiro atoms. The maximum absolute atomic E-state index is 12.1. The topological polar surface area (TPSA) is 34.1 Å². The number of ketones is 1. The van der Waals surface area contributed by atoms with E-state index in [4.69, 9.17) is 0 Å². The van der Waals surface area contributed by atoms with Gasteiger partial charge in [0.2, 0.25) is 0 Å². The zero-order valence-corrected chi connectivity index (χ0v) is 10.1. The predicted molar refractivity (Wildman–Crippen MR) is 62.3 cm³/mol. The Morgan fingerprint density at radius 3 is 2.53 bits per heavy atom. The molecule has 0 saturated carbocycles. The van der Waals surface area contributed by atoms with Crippen molar-refractivity contribution < 1.29 is 9.00 Å². The van der Waals surface area contributed by atoms with Crippen LogP contribution < -0.4 is 0 Å². The Bertz CT molecular complexity index is 385. The number of rotatable bonds is 4. The molecule has 0 aliphatic carbocycles. The Balaban J connectivity index is 2.85. The summed E-state index contributed by atoms with van der Waals surface area (Å²) in [6, 6.07) is 7.60. The molecule has 0 aliphatic heterocycles. The van der Waals surface area contributed by atoms with Gasteiger partial charge in [0.25, 0.3) is 0 Å². The molecule has 0 fully saturated rings. The average molecular weight is 224 g/mol. The second kappa shape index (κ2) is 5.21. The number of carbonyl (C=O) groups is 1.